The monoisotopic (exact) mass is 428 g/mol. The summed E-state index contributed by atoms with van der Waals surface area (Å²) in [6, 6.07) is 19.5. The molecule has 162 valence electrons. The van der Waals surface area contributed by atoms with E-state index in [1.165, 1.54) is 0 Å². The Morgan fingerprint density at radius 3 is 2.38 bits per heavy atom. The summed E-state index contributed by atoms with van der Waals surface area (Å²) in [7, 11) is 1.57. The number of fused-ring (bicyclic) bond motifs is 1. The highest BCUT2D eigenvalue weighted by Crippen LogP contribution is 2.36. The van der Waals surface area contributed by atoms with Crippen LogP contribution in [0, 0.1) is 0 Å². The molecule has 1 aliphatic rings. The van der Waals surface area contributed by atoms with E-state index in [4.69, 9.17) is 14.2 Å². The zero-order valence-corrected chi connectivity index (χ0v) is 18.5. The number of hydrogen-bond donors (Lipinski definition) is 0. The molecule has 3 aromatic carbocycles. The number of carbonyl (C=O) groups excluding carboxylic acids is 2. The number of methoxy groups -OCH3 is 1. The van der Waals surface area contributed by atoms with Crippen molar-refractivity contribution in [2.75, 3.05) is 7.11 Å². The minimum absolute atomic E-state index is 0.00128. The Kier molecular flexibility index (Phi) is 5.57. The normalized spacial score (nSPS) is 14.1. The van der Waals surface area contributed by atoms with E-state index in [9.17, 15) is 9.59 Å². The van der Waals surface area contributed by atoms with Gasteiger partial charge in [0.05, 0.1) is 18.2 Å². The summed E-state index contributed by atoms with van der Waals surface area (Å²) in [5.74, 6) is 0.774. The summed E-state index contributed by atoms with van der Waals surface area (Å²) in [5.41, 5.74) is 2.73. The van der Waals surface area contributed by atoms with Crippen molar-refractivity contribution in [2.24, 2.45) is 0 Å². The summed E-state index contributed by atoms with van der Waals surface area (Å²) in [5, 5.41) is 0. The molecule has 0 saturated heterocycles. The van der Waals surface area contributed by atoms with Crippen molar-refractivity contribution in [2.45, 2.75) is 26.2 Å². The summed E-state index contributed by atoms with van der Waals surface area (Å²) < 4.78 is 16.6. The average Bonchev–Trinajstić information content (AvgIpc) is 3.08. The third-order valence-electron chi connectivity index (χ3n) is 5.26. The number of rotatable bonds is 4. The van der Waals surface area contributed by atoms with Gasteiger partial charge < -0.3 is 14.2 Å². The van der Waals surface area contributed by atoms with Crippen LogP contribution in [-0.2, 0) is 5.41 Å². The number of esters is 1. The lowest BCUT2D eigenvalue weighted by atomic mass is 9.87. The van der Waals surface area contributed by atoms with Crippen LogP contribution in [0.4, 0.5) is 0 Å². The third-order valence-corrected chi connectivity index (χ3v) is 5.26. The van der Waals surface area contributed by atoms with Gasteiger partial charge in [0.1, 0.15) is 17.2 Å². The Morgan fingerprint density at radius 2 is 1.69 bits per heavy atom. The molecule has 5 heteroatoms. The Hall–Kier alpha value is -3.86. The Bertz CT molecular complexity index is 1210. The first-order valence-corrected chi connectivity index (χ1v) is 10.3. The number of para-hydroxylation sites is 1. The number of ketones is 1. The number of ether oxygens (including phenoxy) is 3. The lowest BCUT2D eigenvalue weighted by Crippen LogP contribution is -2.12. The molecule has 0 unspecified atom stereocenters. The summed E-state index contributed by atoms with van der Waals surface area (Å²) in [6.07, 6.45) is 1.64. The minimum atomic E-state index is -0.473. The first-order valence-electron chi connectivity index (χ1n) is 10.3. The maximum atomic E-state index is 12.7. The molecule has 0 spiro atoms. The van der Waals surface area contributed by atoms with Crippen molar-refractivity contribution in [1.82, 2.24) is 0 Å². The van der Waals surface area contributed by atoms with Gasteiger partial charge >= 0.3 is 5.97 Å². The van der Waals surface area contributed by atoms with E-state index in [2.05, 4.69) is 20.8 Å². The third kappa shape index (κ3) is 4.28. The van der Waals surface area contributed by atoms with Crippen molar-refractivity contribution in [3.05, 3.63) is 94.7 Å². The molecular weight excluding hydrogens is 404 g/mol. The largest absolute Gasteiger partial charge is 0.496 e. The van der Waals surface area contributed by atoms with Crippen molar-refractivity contribution in [3.8, 4) is 17.2 Å². The number of allylic oxidation sites excluding steroid dienone is 1. The lowest BCUT2D eigenvalue weighted by Gasteiger charge is -2.18. The van der Waals surface area contributed by atoms with Crippen LogP contribution in [0.3, 0.4) is 0 Å². The molecule has 0 N–H and O–H groups in total. The number of hydrogen-bond acceptors (Lipinski definition) is 5. The van der Waals surface area contributed by atoms with E-state index in [1.807, 2.05) is 36.4 Å². The maximum Gasteiger partial charge on any atom is 0.343 e. The molecule has 4 rings (SSSR count). The van der Waals surface area contributed by atoms with Gasteiger partial charge in [-0.05, 0) is 47.4 Å². The van der Waals surface area contributed by atoms with E-state index < -0.39 is 5.97 Å². The first kappa shape index (κ1) is 21.4. The van der Waals surface area contributed by atoms with Crippen molar-refractivity contribution < 1.29 is 23.8 Å². The second-order valence-corrected chi connectivity index (χ2v) is 8.56. The summed E-state index contributed by atoms with van der Waals surface area (Å²) >= 11 is 0. The Morgan fingerprint density at radius 1 is 0.969 bits per heavy atom. The van der Waals surface area contributed by atoms with E-state index in [1.54, 1.807) is 43.5 Å². The maximum absolute atomic E-state index is 12.7. The summed E-state index contributed by atoms with van der Waals surface area (Å²) in [6.45, 7) is 6.34. The van der Waals surface area contributed by atoms with Crippen LogP contribution in [0.1, 0.15) is 52.6 Å². The molecule has 0 amide bonds. The van der Waals surface area contributed by atoms with Crippen LogP contribution in [0.15, 0.2) is 72.5 Å². The van der Waals surface area contributed by atoms with Gasteiger partial charge in [0.15, 0.2) is 5.76 Å². The van der Waals surface area contributed by atoms with Crippen LogP contribution >= 0.6 is 0 Å². The highest BCUT2D eigenvalue weighted by Gasteiger charge is 2.28. The fourth-order valence-corrected chi connectivity index (χ4v) is 3.43. The Balaban J connectivity index is 1.52. The fraction of sp³-hybridized carbons (Fsp3) is 0.185. The van der Waals surface area contributed by atoms with Gasteiger partial charge in [0.2, 0.25) is 5.78 Å². The number of benzene rings is 3. The van der Waals surface area contributed by atoms with Gasteiger partial charge in [-0.1, -0.05) is 51.1 Å². The first-order chi connectivity index (χ1) is 15.3. The van der Waals surface area contributed by atoms with E-state index in [0.717, 1.165) is 11.1 Å². The molecular formula is C27H24O5. The SMILES string of the molecule is COc1ccccc1/C=C1\Oc2cc(OC(=O)c3ccc(C(C)(C)C)cc3)ccc2C1=O. The Labute approximate surface area is 187 Å². The average molecular weight is 428 g/mol. The highest BCUT2D eigenvalue weighted by atomic mass is 16.5. The van der Waals surface area contributed by atoms with Crippen LogP contribution in [0.2, 0.25) is 0 Å². The molecule has 0 atom stereocenters. The quantitative estimate of drug-likeness (QED) is 0.297. The van der Waals surface area contributed by atoms with Gasteiger partial charge in [-0.3, -0.25) is 4.79 Å². The van der Waals surface area contributed by atoms with E-state index in [0.29, 0.717) is 28.4 Å². The van der Waals surface area contributed by atoms with Crippen LogP contribution in [0.5, 0.6) is 17.2 Å². The van der Waals surface area contributed by atoms with Crippen LogP contribution < -0.4 is 14.2 Å². The second kappa shape index (κ2) is 8.35. The standard InChI is InChI=1S/C27H24O5/c1-27(2,3)19-11-9-17(10-12-19)26(29)31-20-13-14-21-23(16-20)32-24(25(21)28)15-18-7-5-6-8-22(18)30-4/h5-16H,1-4H3/b24-15-. The predicted molar refractivity (Wildman–Crippen MR) is 122 cm³/mol. The zero-order valence-electron chi connectivity index (χ0n) is 18.5. The van der Waals surface area contributed by atoms with Crippen LogP contribution in [0.25, 0.3) is 6.08 Å². The van der Waals surface area contributed by atoms with Crippen LogP contribution in [-0.4, -0.2) is 18.9 Å². The van der Waals surface area contributed by atoms with Gasteiger partial charge in [0, 0.05) is 11.6 Å². The fourth-order valence-electron chi connectivity index (χ4n) is 3.43. The molecule has 0 fully saturated rings. The molecule has 0 bridgehead atoms. The molecule has 3 aromatic rings. The molecule has 0 saturated carbocycles. The van der Waals surface area contributed by atoms with Crippen molar-refractivity contribution >= 4 is 17.8 Å². The molecule has 0 aromatic heterocycles. The second-order valence-electron chi connectivity index (χ2n) is 8.56. The lowest BCUT2D eigenvalue weighted by molar-refractivity contribution is 0.0734. The van der Waals surface area contributed by atoms with E-state index in [-0.39, 0.29) is 17.0 Å². The molecule has 5 nitrogen and oxygen atoms in total. The zero-order chi connectivity index (χ0) is 22.9. The van der Waals surface area contributed by atoms with Gasteiger partial charge in [-0.15, -0.1) is 0 Å². The molecule has 32 heavy (non-hydrogen) atoms. The molecule has 1 heterocycles. The topological polar surface area (TPSA) is 61.8 Å². The predicted octanol–water partition coefficient (Wildman–Crippen LogP) is 5.83. The van der Waals surface area contributed by atoms with Gasteiger partial charge in [0.25, 0.3) is 0 Å². The number of Topliss-reactive ketones (excluding diaryl/α,β-unsaturated/α-hetero) is 1. The summed E-state index contributed by atoms with van der Waals surface area (Å²) in [4.78, 5) is 25.3. The molecule has 0 aliphatic carbocycles. The minimum Gasteiger partial charge on any atom is -0.496 e. The van der Waals surface area contributed by atoms with Gasteiger partial charge in [-0.25, -0.2) is 4.79 Å². The number of carbonyl (C=O) groups is 2. The van der Waals surface area contributed by atoms with Crippen molar-refractivity contribution in [1.29, 1.82) is 0 Å². The smallest absolute Gasteiger partial charge is 0.343 e. The van der Waals surface area contributed by atoms with Crippen molar-refractivity contribution in [3.63, 3.8) is 0 Å². The molecule has 1 aliphatic heterocycles. The molecule has 0 radical (unpaired) electrons. The highest BCUT2D eigenvalue weighted by molar-refractivity contribution is 6.14. The van der Waals surface area contributed by atoms with Gasteiger partial charge in [-0.2, -0.15) is 0 Å². The van der Waals surface area contributed by atoms with E-state index >= 15 is 0 Å².